The molecule has 1 aromatic carbocycles. The summed E-state index contributed by atoms with van der Waals surface area (Å²) in [6.45, 7) is 2.35. The van der Waals surface area contributed by atoms with Crippen LogP contribution in [0.15, 0.2) is 24.3 Å². The van der Waals surface area contributed by atoms with Crippen LogP contribution in [-0.4, -0.2) is 23.9 Å². The topological polar surface area (TPSA) is 29.5 Å². The average molecular weight is 288 g/mol. The predicted molar refractivity (Wildman–Crippen MR) is 69.3 cm³/mol. The highest BCUT2D eigenvalue weighted by molar-refractivity contribution is 5.26. The zero-order chi connectivity index (χ0) is 14.8. The molecule has 0 bridgehead atoms. The van der Waals surface area contributed by atoms with Gasteiger partial charge in [0.25, 0.3) is 0 Å². The number of benzene rings is 1. The second-order valence-electron chi connectivity index (χ2n) is 5.23. The van der Waals surface area contributed by atoms with Crippen LogP contribution in [0.1, 0.15) is 30.9 Å². The Hall–Kier alpha value is -1.07. The normalized spacial score (nSPS) is 18.9. The van der Waals surface area contributed by atoms with E-state index in [1.165, 1.54) is 6.07 Å². The van der Waals surface area contributed by atoms with Crippen molar-refractivity contribution in [2.24, 2.45) is 5.92 Å². The van der Waals surface area contributed by atoms with Gasteiger partial charge in [-0.2, -0.15) is 13.2 Å². The lowest BCUT2D eigenvalue weighted by molar-refractivity contribution is -0.137. The Bertz CT molecular complexity index is 441. The van der Waals surface area contributed by atoms with E-state index in [4.69, 9.17) is 4.74 Å². The molecule has 112 valence electrons. The molecular formula is C15H19F3O2. The Balaban J connectivity index is 2.05. The molecule has 5 heteroatoms. The molecule has 1 aromatic rings. The maximum atomic E-state index is 12.6. The number of rotatable bonds is 6. The van der Waals surface area contributed by atoms with E-state index in [1.807, 2.05) is 6.92 Å². The summed E-state index contributed by atoms with van der Waals surface area (Å²) in [7, 11) is 0. The number of hydrogen-bond acceptors (Lipinski definition) is 2. The van der Waals surface area contributed by atoms with E-state index in [2.05, 4.69) is 0 Å². The van der Waals surface area contributed by atoms with Gasteiger partial charge in [0.1, 0.15) is 0 Å². The first kappa shape index (κ1) is 15.3. The summed E-state index contributed by atoms with van der Waals surface area (Å²) in [5.74, 6) is 0.343. The smallest absolute Gasteiger partial charge is 0.390 e. The van der Waals surface area contributed by atoms with E-state index < -0.39 is 17.8 Å². The number of aliphatic hydroxyl groups is 1. The molecule has 0 amide bonds. The van der Waals surface area contributed by atoms with Gasteiger partial charge in [-0.25, -0.2) is 0 Å². The number of alkyl halides is 3. The lowest BCUT2D eigenvalue weighted by atomic mass is 9.99. The molecule has 1 aliphatic rings. The largest absolute Gasteiger partial charge is 0.416 e. The predicted octanol–water partition coefficient (Wildman–Crippen LogP) is 3.42. The first-order valence-electron chi connectivity index (χ1n) is 6.87. The van der Waals surface area contributed by atoms with Crippen LogP contribution in [0.5, 0.6) is 0 Å². The Morgan fingerprint density at radius 2 is 2.05 bits per heavy atom. The molecule has 0 saturated heterocycles. The number of ether oxygens (including phenoxy) is 1. The van der Waals surface area contributed by atoms with Gasteiger partial charge in [0.15, 0.2) is 0 Å². The third-order valence-electron chi connectivity index (χ3n) is 3.52. The summed E-state index contributed by atoms with van der Waals surface area (Å²) < 4.78 is 43.4. The summed E-state index contributed by atoms with van der Waals surface area (Å²) in [6, 6.07) is 5.11. The minimum absolute atomic E-state index is 0.186. The highest BCUT2D eigenvalue weighted by atomic mass is 19.4. The van der Waals surface area contributed by atoms with Crippen LogP contribution >= 0.6 is 0 Å². The first-order valence-corrected chi connectivity index (χ1v) is 6.87. The molecule has 0 aromatic heterocycles. The molecule has 1 aliphatic carbocycles. The van der Waals surface area contributed by atoms with Gasteiger partial charge >= 0.3 is 6.18 Å². The number of aliphatic hydroxyl groups excluding tert-OH is 1. The molecule has 1 fully saturated rings. The van der Waals surface area contributed by atoms with Crippen molar-refractivity contribution in [2.75, 3.05) is 6.61 Å². The molecule has 1 N–H and O–H groups in total. The summed E-state index contributed by atoms with van der Waals surface area (Å²) in [5, 5.41) is 10.2. The van der Waals surface area contributed by atoms with Crippen LogP contribution in [0.2, 0.25) is 0 Å². The minimum Gasteiger partial charge on any atom is -0.390 e. The molecule has 0 aliphatic heterocycles. The third kappa shape index (κ3) is 3.96. The fraction of sp³-hybridized carbons (Fsp3) is 0.600. The molecule has 0 radical (unpaired) electrons. The highest BCUT2D eigenvalue weighted by Gasteiger charge is 2.37. The van der Waals surface area contributed by atoms with Crippen molar-refractivity contribution in [1.82, 2.24) is 0 Å². The highest BCUT2D eigenvalue weighted by Crippen LogP contribution is 2.37. The van der Waals surface area contributed by atoms with Gasteiger partial charge < -0.3 is 9.84 Å². The van der Waals surface area contributed by atoms with Crippen molar-refractivity contribution in [3.63, 3.8) is 0 Å². The van der Waals surface area contributed by atoms with Crippen molar-refractivity contribution in [3.8, 4) is 0 Å². The third-order valence-corrected chi connectivity index (χ3v) is 3.52. The van der Waals surface area contributed by atoms with Crippen LogP contribution in [0.3, 0.4) is 0 Å². The van der Waals surface area contributed by atoms with E-state index in [0.29, 0.717) is 18.1 Å². The van der Waals surface area contributed by atoms with Crippen LogP contribution in [0, 0.1) is 5.92 Å². The van der Waals surface area contributed by atoms with E-state index in [1.54, 1.807) is 6.07 Å². The van der Waals surface area contributed by atoms with E-state index in [0.717, 1.165) is 25.0 Å². The standard InChI is InChI=1S/C15H19F3O2/c1-2-20-14(11-6-7-11)13(19)9-10-4-3-5-12(8-10)15(16,17)18/h3-5,8,11,13-14,19H,2,6-7,9H2,1H3. The van der Waals surface area contributed by atoms with Crippen LogP contribution < -0.4 is 0 Å². The monoisotopic (exact) mass is 288 g/mol. The summed E-state index contributed by atoms with van der Waals surface area (Å²) in [6.07, 6.45) is -3.16. The van der Waals surface area contributed by atoms with Crippen LogP contribution in [-0.2, 0) is 17.3 Å². The number of hydrogen-bond donors (Lipinski definition) is 1. The van der Waals surface area contributed by atoms with Crippen LogP contribution in [0.25, 0.3) is 0 Å². The fourth-order valence-corrected chi connectivity index (χ4v) is 2.41. The lowest BCUT2D eigenvalue weighted by Crippen LogP contribution is -2.33. The first-order chi connectivity index (χ1) is 9.41. The maximum Gasteiger partial charge on any atom is 0.416 e. The van der Waals surface area contributed by atoms with Crippen molar-refractivity contribution >= 4 is 0 Å². The molecule has 1 saturated carbocycles. The molecule has 2 atom stereocenters. The molecule has 2 unspecified atom stereocenters. The average Bonchev–Trinajstić information content (AvgIpc) is 3.19. The molecular weight excluding hydrogens is 269 g/mol. The fourth-order valence-electron chi connectivity index (χ4n) is 2.41. The zero-order valence-corrected chi connectivity index (χ0v) is 11.4. The number of halogens is 3. The second-order valence-corrected chi connectivity index (χ2v) is 5.23. The maximum absolute atomic E-state index is 12.6. The molecule has 2 nitrogen and oxygen atoms in total. The Morgan fingerprint density at radius 3 is 2.60 bits per heavy atom. The Kier molecular flexibility index (Phi) is 4.70. The van der Waals surface area contributed by atoms with E-state index in [9.17, 15) is 18.3 Å². The molecule has 20 heavy (non-hydrogen) atoms. The van der Waals surface area contributed by atoms with Gasteiger partial charge in [-0.05, 0) is 37.3 Å². The Labute approximate surface area is 116 Å². The summed E-state index contributed by atoms with van der Waals surface area (Å²) in [5.41, 5.74) is -0.195. The molecule has 0 heterocycles. The second kappa shape index (κ2) is 6.14. The van der Waals surface area contributed by atoms with Gasteiger partial charge in [-0.1, -0.05) is 18.2 Å². The van der Waals surface area contributed by atoms with Gasteiger partial charge in [-0.15, -0.1) is 0 Å². The minimum atomic E-state index is -4.35. The molecule has 0 spiro atoms. The quantitative estimate of drug-likeness (QED) is 0.869. The van der Waals surface area contributed by atoms with Crippen molar-refractivity contribution in [3.05, 3.63) is 35.4 Å². The zero-order valence-electron chi connectivity index (χ0n) is 11.4. The van der Waals surface area contributed by atoms with Gasteiger partial charge in [0.2, 0.25) is 0 Å². The van der Waals surface area contributed by atoms with E-state index >= 15 is 0 Å². The SMILES string of the molecule is CCOC(C(O)Cc1cccc(C(F)(F)F)c1)C1CC1. The van der Waals surface area contributed by atoms with E-state index in [-0.39, 0.29) is 12.5 Å². The van der Waals surface area contributed by atoms with Crippen LogP contribution in [0.4, 0.5) is 13.2 Å². The summed E-state index contributed by atoms with van der Waals surface area (Å²) in [4.78, 5) is 0. The molecule has 2 rings (SSSR count). The van der Waals surface area contributed by atoms with Crippen molar-refractivity contribution in [1.29, 1.82) is 0 Å². The van der Waals surface area contributed by atoms with Gasteiger partial charge in [-0.3, -0.25) is 0 Å². The van der Waals surface area contributed by atoms with Crippen molar-refractivity contribution in [2.45, 2.75) is 44.6 Å². The summed E-state index contributed by atoms with van der Waals surface area (Å²) >= 11 is 0. The van der Waals surface area contributed by atoms with Gasteiger partial charge in [0, 0.05) is 13.0 Å². The Morgan fingerprint density at radius 1 is 1.35 bits per heavy atom. The van der Waals surface area contributed by atoms with Gasteiger partial charge in [0.05, 0.1) is 17.8 Å². The lowest BCUT2D eigenvalue weighted by Gasteiger charge is -2.23. The van der Waals surface area contributed by atoms with Crippen molar-refractivity contribution < 1.29 is 23.0 Å².